The number of carbonyl (C=O) groups excluding carboxylic acids is 1. The number of unbranched alkanes of at least 4 members (excludes halogenated alkanes) is 1. The fourth-order valence-electron chi connectivity index (χ4n) is 2.64. The molecule has 0 aliphatic rings. The molecule has 122 valence electrons. The predicted molar refractivity (Wildman–Crippen MR) is 98.6 cm³/mol. The number of anilines is 1. The van der Waals surface area contributed by atoms with Gasteiger partial charge in [-0.15, -0.1) is 0 Å². The normalized spacial score (nSPS) is 11.3. The summed E-state index contributed by atoms with van der Waals surface area (Å²) in [4.78, 5) is 12.5. The molecule has 2 heteroatoms. The summed E-state index contributed by atoms with van der Waals surface area (Å²) < 4.78 is 0. The van der Waals surface area contributed by atoms with E-state index in [1.54, 1.807) is 0 Å². The molecule has 0 fully saturated rings. The number of nitrogens with one attached hydrogen (secondary N) is 1. The van der Waals surface area contributed by atoms with Crippen molar-refractivity contribution in [3.63, 3.8) is 0 Å². The molecule has 0 aliphatic carbocycles. The molecule has 0 atom stereocenters. The molecule has 23 heavy (non-hydrogen) atoms. The van der Waals surface area contributed by atoms with E-state index < -0.39 is 0 Å². The molecular formula is C21H27NO. The van der Waals surface area contributed by atoms with Gasteiger partial charge in [0.2, 0.25) is 5.91 Å². The van der Waals surface area contributed by atoms with Crippen LogP contribution in [0.2, 0.25) is 0 Å². The minimum absolute atomic E-state index is 0.0986. The fraction of sp³-hybridized carbons (Fsp3) is 0.381. The van der Waals surface area contributed by atoms with Gasteiger partial charge < -0.3 is 5.32 Å². The van der Waals surface area contributed by atoms with Crippen LogP contribution in [0.25, 0.3) is 11.1 Å². The van der Waals surface area contributed by atoms with Crippen molar-refractivity contribution in [2.75, 3.05) is 5.32 Å². The maximum absolute atomic E-state index is 12.5. The summed E-state index contributed by atoms with van der Waals surface area (Å²) in [5, 5.41) is 3.10. The van der Waals surface area contributed by atoms with Gasteiger partial charge in [-0.2, -0.15) is 0 Å². The van der Waals surface area contributed by atoms with E-state index in [1.807, 2.05) is 45.0 Å². The van der Waals surface area contributed by atoms with E-state index in [4.69, 9.17) is 0 Å². The number of rotatable bonds is 6. The Labute approximate surface area is 139 Å². The third kappa shape index (κ3) is 4.44. The lowest BCUT2D eigenvalue weighted by atomic mass is 9.86. The lowest BCUT2D eigenvalue weighted by Gasteiger charge is -2.24. The van der Waals surface area contributed by atoms with Crippen molar-refractivity contribution in [3.05, 3.63) is 54.1 Å². The van der Waals surface area contributed by atoms with Gasteiger partial charge in [-0.1, -0.05) is 70.0 Å². The molecule has 1 N–H and O–H groups in total. The highest BCUT2D eigenvalue weighted by Crippen LogP contribution is 2.28. The second-order valence-corrected chi connectivity index (χ2v) is 6.84. The number of benzene rings is 2. The third-order valence-corrected chi connectivity index (χ3v) is 4.35. The van der Waals surface area contributed by atoms with Gasteiger partial charge in [0.25, 0.3) is 0 Å². The highest BCUT2D eigenvalue weighted by atomic mass is 16.2. The number of aryl methyl sites for hydroxylation is 1. The smallest absolute Gasteiger partial charge is 0.230 e. The van der Waals surface area contributed by atoms with Gasteiger partial charge in [-0.3, -0.25) is 4.79 Å². The second-order valence-electron chi connectivity index (χ2n) is 6.84. The second kappa shape index (κ2) is 7.45. The molecule has 2 aromatic carbocycles. The lowest BCUT2D eigenvalue weighted by Crippen LogP contribution is -2.30. The number of amides is 1. The minimum Gasteiger partial charge on any atom is -0.325 e. The first-order valence-corrected chi connectivity index (χ1v) is 8.41. The Balaban J connectivity index is 2.14. The van der Waals surface area contributed by atoms with Crippen molar-refractivity contribution in [2.24, 2.45) is 5.41 Å². The third-order valence-electron chi connectivity index (χ3n) is 4.35. The molecule has 0 aliphatic heterocycles. The highest BCUT2D eigenvalue weighted by Gasteiger charge is 2.27. The first-order valence-electron chi connectivity index (χ1n) is 8.41. The quantitative estimate of drug-likeness (QED) is 0.716. The van der Waals surface area contributed by atoms with Crippen LogP contribution in [0.5, 0.6) is 0 Å². The Bertz CT molecular complexity index is 659. The van der Waals surface area contributed by atoms with Crippen LogP contribution in [0.1, 0.15) is 45.6 Å². The summed E-state index contributed by atoms with van der Waals surface area (Å²) in [6, 6.07) is 16.5. The van der Waals surface area contributed by atoms with Crippen molar-refractivity contribution >= 4 is 11.6 Å². The van der Waals surface area contributed by atoms with E-state index in [2.05, 4.69) is 36.5 Å². The largest absolute Gasteiger partial charge is 0.325 e. The van der Waals surface area contributed by atoms with Crippen LogP contribution in [0.15, 0.2) is 48.5 Å². The van der Waals surface area contributed by atoms with Gasteiger partial charge in [0.1, 0.15) is 0 Å². The Morgan fingerprint density at radius 1 is 1.04 bits per heavy atom. The molecule has 0 heterocycles. The summed E-state index contributed by atoms with van der Waals surface area (Å²) in [5.74, 6) is 0.0986. The Hall–Kier alpha value is -2.09. The van der Waals surface area contributed by atoms with E-state index in [-0.39, 0.29) is 11.3 Å². The highest BCUT2D eigenvalue weighted by molar-refractivity contribution is 5.95. The van der Waals surface area contributed by atoms with Crippen LogP contribution in [-0.2, 0) is 4.79 Å². The maximum Gasteiger partial charge on any atom is 0.230 e. The van der Waals surface area contributed by atoms with Crippen molar-refractivity contribution in [2.45, 2.75) is 47.0 Å². The standard InChI is InChI=1S/C21H27NO/c1-5-6-14-21(3,4)20(23)22-19-13-12-18(15-16(19)2)17-10-8-7-9-11-17/h7-13,15H,5-6,14H2,1-4H3,(H,22,23). The zero-order valence-electron chi connectivity index (χ0n) is 14.6. The lowest BCUT2D eigenvalue weighted by molar-refractivity contribution is -0.124. The van der Waals surface area contributed by atoms with E-state index >= 15 is 0 Å². The van der Waals surface area contributed by atoms with Crippen LogP contribution in [0, 0.1) is 12.3 Å². The Morgan fingerprint density at radius 3 is 2.35 bits per heavy atom. The topological polar surface area (TPSA) is 29.1 Å². The zero-order valence-corrected chi connectivity index (χ0v) is 14.6. The minimum atomic E-state index is -0.333. The van der Waals surface area contributed by atoms with E-state index in [0.29, 0.717) is 0 Å². The number of hydrogen-bond acceptors (Lipinski definition) is 1. The van der Waals surface area contributed by atoms with Crippen LogP contribution in [0.3, 0.4) is 0 Å². The molecule has 0 aromatic heterocycles. The van der Waals surface area contributed by atoms with Gasteiger partial charge in [0.05, 0.1) is 0 Å². The summed E-state index contributed by atoms with van der Waals surface area (Å²) in [6.07, 6.45) is 3.10. The molecule has 0 saturated carbocycles. The average molecular weight is 309 g/mol. The molecule has 2 aromatic rings. The molecule has 0 radical (unpaired) electrons. The van der Waals surface area contributed by atoms with Crippen LogP contribution >= 0.6 is 0 Å². The molecule has 0 unspecified atom stereocenters. The van der Waals surface area contributed by atoms with E-state index in [1.165, 1.54) is 11.1 Å². The van der Waals surface area contributed by atoms with Crippen molar-refractivity contribution in [1.82, 2.24) is 0 Å². The fourth-order valence-corrected chi connectivity index (χ4v) is 2.64. The predicted octanol–water partition coefficient (Wildman–Crippen LogP) is 5.82. The molecule has 1 amide bonds. The number of hydrogen-bond donors (Lipinski definition) is 1. The van der Waals surface area contributed by atoms with Crippen LogP contribution in [0.4, 0.5) is 5.69 Å². The van der Waals surface area contributed by atoms with Gasteiger partial charge in [-0.05, 0) is 42.2 Å². The van der Waals surface area contributed by atoms with Gasteiger partial charge in [0, 0.05) is 11.1 Å². The summed E-state index contributed by atoms with van der Waals surface area (Å²) in [6.45, 7) is 8.23. The maximum atomic E-state index is 12.5. The molecule has 0 bridgehead atoms. The number of carbonyl (C=O) groups is 1. The van der Waals surface area contributed by atoms with Crippen molar-refractivity contribution in [1.29, 1.82) is 0 Å². The van der Waals surface area contributed by atoms with Gasteiger partial charge >= 0.3 is 0 Å². The first-order chi connectivity index (χ1) is 10.9. The monoisotopic (exact) mass is 309 g/mol. The summed E-state index contributed by atoms with van der Waals surface area (Å²) in [5.41, 5.74) is 4.02. The molecular weight excluding hydrogens is 282 g/mol. The Kier molecular flexibility index (Phi) is 5.59. The molecule has 0 spiro atoms. The first kappa shape index (κ1) is 17.3. The molecule has 2 rings (SSSR count). The van der Waals surface area contributed by atoms with Gasteiger partial charge in [0.15, 0.2) is 0 Å². The summed E-state index contributed by atoms with van der Waals surface area (Å²) in [7, 11) is 0. The van der Waals surface area contributed by atoms with Crippen LogP contribution < -0.4 is 5.32 Å². The van der Waals surface area contributed by atoms with Crippen molar-refractivity contribution < 1.29 is 4.79 Å². The van der Waals surface area contributed by atoms with E-state index in [0.717, 1.165) is 30.5 Å². The van der Waals surface area contributed by atoms with Gasteiger partial charge in [-0.25, -0.2) is 0 Å². The molecule has 2 nitrogen and oxygen atoms in total. The summed E-state index contributed by atoms with van der Waals surface area (Å²) >= 11 is 0. The van der Waals surface area contributed by atoms with E-state index in [9.17, 15) is 4.79 Å². The SMILES string of the molecule is CCCCC(C)(C)C(=O)Nc1ccc(-c2ccccc2)cc1C. The zero-order chi connectivity index (χ0) is 16.9. The van der Waals surface area contributed by atoms with Crippen LogP contribution in [-0.4, -0.2) is 5.91 Å². The molecule has 0 saturated heterocycles. The Morgan fingerprint density at radius 2 is 1.74 bits per heavy atom. The average Bonchev–Trinajstić information content (AvgIpc) is 2.55. The van der Waals surface area contributed by atoms with Crippen molar-refractivity contribution in [3.8, 4) is 11.1 Å².